The highest BCUT2D eigenvalue weighted by molar-refractivity contribution is 5.52. The topological polar surface area (TPSA) is 33.3 Å². The van der Waals surface area contributed by atoms with E-state index in [4.69, 9.17) is 0 Å². The molecule has 6 heteroatoms. The van der Waals surface area contributed by atoms with E-state index in [9.17, 15) is 13.2 Å². The van der Waals surface area contributed by atoms with Gasteiger partial charge in [-0.15, -0.1) is 13.2 Å². The molecule has 3 nitrogen and oxygen atoms in total. The van der Waals surface area contributed by atoms with E-state index in [1.54, 1.807) is 13.1 Å². The van der Waals surface area contributed by atoms with Gasteiger partial charge < -0.3 is 15.4 Å². The Morgan fingerprint density at radius 3 is 2.61 bits per heavy atom. The normalized spacial score (nSPS) is 12.9. The summed E-state index contributed by atoms with van der Waals surface area (Å²) in [5, 5.41) is 5.88. The molecule has 2 N–H and O–H groups in total. The second kappa shape index (κ2) is 5.77. The Bertz CT molecular complexity index is 418. The van der Waals surface area contributed by atoms with Gasteiger partial charge in [-0.2, -0.15) is 0 Å². The molecule has 0 bridgehead atoms. The van der Waals surface area contributed by atoms with Crippen LogP contribution < -0.4 is 15.4 Å². The van der Waals surface area contributed by atoms with Crippen LogP contribution in [0.25, 0.3) is 0 Å². The number of halogens is 3. The molecule has 1 rings (SSSR count). The van der Waals surface area contributed by atoms with Crippen LogP contribution in [0.1, 0.15) is 6.92 Å². The number of ether oxygens (including phenoxy) is 1. The molecule has 0 fully saturated rings. The first-order valence-corrected chi connectivity index (χ1v) is 5.30. The molecule has 0 radical (unpaired) electrons. The van der Waals surface area contributed by atoms with Crippen LogP contribution in [0.5, 0.6) is 5.75 Å². The predicted molar refractivity (Wildman–Crippen MR) is 64.4 cm³/mol. The third kappa shape index (κ3) is 4.67. The highest BCUT2D eigenvalue weighted by atomic mass is 19.4. The minimum atomic E-state index is -4.69. The number of nitrogens with one attached hydrogen (secondary N) is 2. The molecule has 0 aliphatic heterocycles. The molecule has 0 spiro atoms. The standard InChI is InChI=1S/C12H15F3N2O/c1-8(16-3)9(2)17-10-5-4-6-11(7-10)18-12(13,14)15/h4-8,16-17H,2H2,1,3H3. The molecular weight excluding hydrogens is 245 g/mol. The number of alkyl halides is 3. The molecule has 1 aromatic carbocycles. The zero-order valence-electron chi connectivity index (χ0n) is 10.1. The van der Waals surface area contributed by atoms with Crippen LogP contribution in [-0.2, 0) is 0 Å². The van der Waals surface area contributed by atoms with E-state index in [2.05, 4.69) is 21.9 Å². The molecule has 0 saturated heterocycles. The van der Waals surface area contributed by atoms with Crippen molar-refractivity contribution in [1.29, 1.82) is 0 Å². The maximum atomic E-state index is 12.0. The monoisotopic (exact) mass is 260 g/mol. The summed E-state index contributed by atoms with van der Waals surface area (Å²) < 4.78 is 40.0. The molecule has 0 aliphatic carbocycles. The van der Waals surface area contributed by atoms with Gasteiger partial charge in [-0.3, -0.25) is 0 Å². The number of anilines is 1. The Labute approximate surface area is 104 Å². The lowest BCUT2D eigenvalue weighted by Crippen LogP contribution is -2.26. The summed E-state index contributed by atoms with van der Waals surface area (Å²) in [6.45, 7) is 5.67. The number of benzene rings is 1. The Balaban J connectivity index is 2.74. The van der Waals surface area contributed by atoms with Crippen LogP contribution in [0.4, 0.5) is 18.9 Å². The summed E-state index contributed by atoms with van der Waals surface area (Å²) in [5.41, 5.74) is 1.14. The summed E-state index contributed by atoms with van der Waals surface area (Å²) in [5.74, 6) is -0.266. The molecule has 0 saturated carbocycles. The van der Waals surface area contributed by atoms with Gasteiger partial charge in [0.1, 0.15) is 5.75 Å². The van der Waals surface area contributed by atoms with Gasteiger partial charge in [0.2, 0.25) is 0 Å². The zero-order chi connectivity index (χ0) is 13.8. The molecule has 0 amide bonds. The van der Waals surface area contributed by atoms with Gasteiger partial charge in [0.25, 0.3) is 0 Å². The van der Waals surface area contributed by atoms with Crippen LogP contribution in [0.15, 0.2) is 36.5 Å². The fourth-order valence-corrected chi connectivity index (χ4v) is 1.24. The second-order valence-corrected chi connectivity index (χ2v) is 3.74. The molecule has 0 heterocycles. The van der Waals surface area contributed by atoms with Crippen LogP contribution in [-0.4, -0.2) is 19.5 Å². The summed E-state index contributed by atoms with van der Waals surface area (Å²) in [6.07, 6.45) is -4.69. The number of rotatable bonds is 5. The Morgan fingerprint density at radius 2 is 2.06 bits per heavy atom. The van der Waals surface area contributed by atoms with E-state index in [1.165, 1.54) is 18.2 Å². The molecule has 1 atom stereocenters. The van der Waals surface area contributed by atoms with Crippen LogP contribution in [0.2, 0.25) is 0 Å². The summed E-state index contributed by atoms with van der Waals surface area (Å²) in [4.78, 5) is 0. The van der Waals surface area contributed by atoms with E-state index in [0.29, 0.717) is 11.4 Å². The van der Waals surface area contributed by atoms with Crippen LogP contribution in [0, 0.1) is 0 Å². The third-order valence-corrected chi connectivity index (χ3v) is 2.33. The molecule has 1 aromatic rings. The second-order valence-electron chi connectivity index (χ2n) is 3.74. The van der Waals surface area contributed by atoms with Crippen molar-refractivity contribution in [2.45, 2.75) is 19.3 Å². The van der Waals surface area contributed by atoms with Crippen molar-refractivity contribution in [2.75, 3.05) is 12.4 Å². The smallest absolute Gasteiger partial charge is 0.406 e. The van der Waals surface area contributed by atoms with Crippen molar-refractivity contribution in [3.8, 4) is 5.75 Å². The SMILES string of the molecule is C=C(Nc1cccc(OC(F)(F)F)c1)C(C)NC. The van der Waals surface area contributed by atoms with E-state index >= 15 is 0 Å². The fraction of sp³-hybridized carbons (Fsp3) is 0.333. The first-order valence-electron chi connectivity index (χ1n) is 5.30. The van der Waals surface area contributed by atoms with Gasteiger partial charge in [-0.1, -0.05) is 12.6 Å². The zero-order valence-corrected chi connectivity index (χ0v) is 10.1. The Hall–Kier alpha value is -1.69. The number of likely N-dealkylation sites (N-methyl/N-ethyl adjacent to an activating group) is 1. The van der Waals surface area contributed by atoms with E-state index in [-0.39, 0.29) is 11.8 Å². The number of hydrogen-bond acceptors (Lipinski definition) is 3. The lowest BCUT2D eigenvalue weighted by Gasteiger charge is -2.17. The predicted octanol–water partition coefficient (Wildman–Crippen LogP) is 3.12. The van der Waals surface area contributed by atoms with Crippen molar-refractivity contribution in [2.24, 2.45) is 0 Å². The summed E-state index contributed by atoms with van der Waals surface area (Å²) in [6, 6.07) is 5.61. The quantitative estimate of drug-likeness (QED) is 0.853. The third-order valence-electron chi connectivity index (χ3n) is 2.33. The van der Waals surface area contributed by atoms with E-state index in [0.717, 1.165) is 0 Å². The maximum Gasteiger partial charge on any atom is 0.573 e. The van der Waals surface area contributed by atoms with Gasteiger partial charge in [-0.25, -0.2) is 0 Å². The molecule has 18 heavy (non-hydrogen) atoms. The minimum absolute atomic E-state index is 0.00260. The van der Waals surface area contributed by atoms with Gasteiger partial charge in [-0.05, 0) is 26.1 Å². The Kier molecular flexibility index (Phi) is 4.61. The van der Waals surface area contributed by atoms with Crippen molar-refractivity contribution < 1.29 is 17.9 Å². The molecule has 0 aliphatic rings. The van der Waals surface area contributed by atoms with Crippen LogP contribution >= 0.6 is 0 Å². The Morgan fingerprint density at radius 1 is 1.39 bits per heavy atom. The maximum absolute atomic E-state index is 12.0. The highest BCUT2D eigenvalue weighted by Crippen LogP contribution is 2.25. The molecule has 1 unspecified atom stereocenters. The van der Waals surface area contributed by atoms with E-state index < -0.39 is 6.36 Å². The average molecular weight is 260 g/mol. The van der Waals surface area contributed by atoms with Gasteiger partial charge >= 0.3 is 6.36 Å². The van der Waals surface area contributed by atoms with Gasteiger partial charge in [0, 0.05) is 23.5 Å². The first kappa shape index (κ1) is 14.4. The largest absolute Gasteiger partial charge is 0.573 e. The fourth-order valence-electron chi connectivity index (χ4n) is 1.24. The van der Waals surface area contributed by atoms with Crippen molar-refractivity contribution in [1.82, 2.24) is 5.32 Å². The van der Waals surface area contributed by atoms with Crippen molar-refractivity contribution in [3.63, 3.8) is 0 Å². The molecule has 100 valence electrons. The first-order chi connectivity index (χ1) is 8.31. The lowest BCUT2D eigenvalue weighted by atomic mass is 10.2. The summed E-state index contributed by atoms with van der Waals surface area (Å²) >= 11 is 0. The van der Waals surface area contributed by atoms with E-state index in [1.807, 2.05) is 6.92 Å². The highest BCUT2D eigenvalue weighted by Gasteiger charge is 2.31. The molecule has 0 aromatic heterocycles. The molecular formula is C12H15F3N2O. The van der Waals surface area contributed by atoms with Crippen molar-refractivity contribution in [3.05, 3.63) is 36.5 Å². The average Bonchev–Trinajstić information content (AvgIpc) is 2.26. The summed E-state index contributed by atoms with van der Waals surface area (Å²) in [7, 11) is 1.76. The van der Waals surface area contributed by atoms with Crippen LogP contribution in [0.3, 0.4) is 0 Å². The minimum Gasteiger partial charge on any atom is -0.406 e. The lowest BCUT2D eigenvalue weighted by molar-refractivity contribution is -0.274. The van der Waals surface area contributed by atoms with Crippen molar-refractivity contribution >= 4 is 5.69 Å². The number of hydrogen-bond donors (Lipinski definition) is 2. The van der Waals surface area contributed by atoms with Gasteiger partial charge in [0.05, 0.1) is 0 Å². The van der Waals surface area contributed by atoms with Gasteiger partial charge in [0.15, 0.2) is 0 Å².